The number of aromatic nitrogens is 4. The normalized spacial score (nSPS) is 14.7. The largest absolute Gasteiger partial charge is 0.382 e. The Kier molecular flexibility index (Phi) is 4.97. The Bertz CT molecular complexity index is 932. The lowest BCUT2D eigenvalue weighted by Gasteiger charge is -2.14. The van der Waals surface area contributed by atoms with Gasteiger partial charge in [0.15, 0.2) is 11.5 Å². The first kappa shape index (κ1) is 17.4. The van der Waals surface area contributed by atoms with E-state index < -0.39 is 0 Å². The summed E-state index contributed by atoms with van der Waals surface area (Å²) < 4.78 is 1.54. The van der Waals surface area contributed by atoms with Crippen molar-refractivity contribution in [1.29, 1.82) is 0 Å². The van der Waals surface area contributed by atoms with Gasteiger partial charge in [-0.2, -0.15) is 0 Å². The van der Waals surface area contributed by atoms with Gasteiger partial charge in [-0.1, -0.05) is 6.07 Å². The minimum absolute atomic E-state index is 0.153. The maximum Gasteiger partial charge on any atom is 0.254 e. The molecular weight excluding hydrogens is 342 g/mol. The van der Waals surface area contributed by atoms with E-state index in [1.807, 2.05) is 18.2 Å². The van der Waals surface area contributed by atoms with E-state index in [1.54, 1.807) is 23.1 Å². The van der Waals surface area contributed by atoms with E-state index in [1.165, 1.54) is 25.9 Å². The minimum Gasteiger partial charge on any atom is -0.382 e. The molecule has 3 aromatic rings. The first-order valence-electron chi connectivity index (χ1n) is 9.28. The Morgan fingerprint density at radius 2 is 2.07 bits per heavy atom. The van der Waals surface area contributed by atoms with Crippen molar-refractivity contribution in [1.82, 2.24) is 29.8 Å². The molecule has 4 heterocycles. The Hall–Kier alpha value is -3.00. The summed E-state index contributed by atoms with van der Waals surface area (Å²) in [6.07, 6.45) is 8.42. The molecule has 8 nitrogen and oxygen atoms in total. The number of hydrogen-bond acceptors (Lipinski definition) is 6. The van der Waals surface area contributed by atoms with Gasteiger partial charge in [-0.05, 0) is 51.0 Å². The van der Waals surface area contributed by atoms with Gasteiger partial charge in [0.25, 0.3) is 5.91 Å². The van der Waals surface area contributed by atoms with Crippen molar-refractivity contribution >= 4 is 17.4 Å². The number of amides is 1. The Labute approximate surface area is 157 Å². The molecule has 0 spiro atoms. The number of carbonyl (C=O) groups is 1. The lowest BCUT2D eigenvalue weighted by atomic mass is 10.2. The van der Waals surface area contributed by atoms with Crippen LogP contribution in [0.3, 0.4) is 0 Å². The Balaban J connectivity index is 1.44. The quantitative estimate of drug-likeness (QED) is 0.643. The summed E-state index contributed by atoms with van der Waals surface area (Å²) in [4.78, 5) is 23.6. The second-order valence-electron chi connectivity index (χ2n) is 6.74. The number of hydrogen-bond donors (Lipinski definition) is 2. The third-order valence-corrected chi connectivity index (χ3v) is 4.82. The number of carbonyl (C=O) groups excluding carboxylic acids is 1. The number of fused-ring (bicyclic) bond motifs is 1. The second kappa shape index (κ2) is 7.71. The standard InChI is InChI=1S/C19H23N7O/c20-17-16(15-6-1-2-7-21-15)18-23-12-14(13-26(18)24-17)19(27)22-8-5-11-25-9-3-4-10-25/h1-2,6-7,12-13H,3-5,8-11H2,(H2,20,24)(H,22,27). The van der Waals surface area contributed by atoms with Gasteiger partial charge in [-0.25, -0.2) is 9.50 Å². The fourth-order valence-corrected chi connectivity index (χ4v) is 3.44. The molecule has 0 aliphatic carbocycles. The average molecular weight is 365 g/mol. The summed E-state index contributed by atoms with van der Waals surface area (Å²) in [6, 6.07) is 5.58. The second-order valence-corrected chi connectivity index (χ2v) is 6.74. The maximum atomic E-state index is 12.4. The number of nitrogens with two attached hydrogens (primary N) is 1. The highest BCUT2D eigenvalue weighted by atomic mass is 16.1. The monoisotopic (exact) mass is 365 g/mol. The number of likely N-dealkylation sites (tertiary alicyclic amines) is 1. The van der Waals surface area contributed by atoms with Gasteiger partial charge >= 0.3 is 0 Å². The smallest absolute Gasteiger partial charge is 0.254 e. The number of pyridine rings is 1. The fraction of sp³-hybridized carbons (Fsp3) is 0.368. The molecule has 0 saturated carbocycles. The highest BCUT2D eigenvalue weighted by Crippen LogP contribution is 2.27. The van der Waals surface area contributed by atoms with Crippen LogP contribution in [-0.4, -0.2) is 56.6 Å². The predicted molar refractivity (Wildman–Crippen MR) is 103 cm³/mol. The summed E-state index contributed by atoms with van der Waals surface area (Å²) in [5, 5.41) is 7.24. The molecule has 0 atom stereocenters. The summed E-state index contributed by atoms with van der Waals surface area (Å²) in [6.45, 7) is 4.02. The number of anilines is 1. The molecule has 0 aromatic carbocycles. The van der Waals surface area contributed by atoms with Crippen molar-refractivity contribution in [3.63, 3.8) is 0 Å². The van der Waals surface area contributed by atoms with Gasteiger partial charge in [0.05, 0.1) is 16.8 Å². The van der Waals surface area contributed by atoms with Crippen LogP contribution >= 0.6 is 0 Å². The molecule has 0 radical (unpaired) electrons. The van der Waals surface area contributed by atoms with Crippen LogP contribution < -0.4 is 11.1 Å². The minimum atomic E-state index is -0.153. The van der Waals surface area contributed by atoms with E-state index in [0.29, 0.717) is 34.8 Å². The van der Waals surface area contributed by atoms with E-state index in [2.05, 4.69) is 25.3 Å². The third kappa shape index (κ3) is 3.75. The van der Waals surface area contributed by atoms with E-state index in [4.69, 9.17) is 5.73 Å². The number of rotatable bonds is 6. The molecule has 140 valence electrons. The summed E-state index contributed by atoms with van der Waals surface area (Å²) in [5.41, 5.74) is 8.47. The van der Waals surface area contributed by atoms with Crippen molar-refractivity contribution in [3.05, 3.63) is 42.4 Å². The molecule has 0 unspecified atom stereocenters. The molecule has 8 heteroatoms. The van der Waals surface area contributed by atoms with E-state index in [9.17, 15) is 4.79 Å². The number of nitrogens with zero attached hydrogens (tertiary/aromatic N) is 5. The Morgan fingerprint density at radius 3 is 2.85 bits per heavy atom. The highest BCUT2D eigenvalue weighted by Gasteiger charge is 2.16. The van der Waals surface area contributed by atoms with Crippen LogP contribution in [0.25, 0.3) is 16.9 Å². The van der Waals surface area contributed by atoms with Crippen LogP contribution in [0.1, 0.15) is 29.6 Å². The number of nitrogen functional groups attached to an aromatic ring is 1. The molecule has 1 amide bonds. The van der Waals surface area contributed by atoms with Crippen LogP contribution in [-0.2, 0) is 0 Å². The van der Waals surface area contributed by atoms with Crippen molar-refractivity contribution in [2.24, 2.45) is 0 Å². The van der Waals surface area contributed by atoms with E-state index >= 15 is 0 Å². The van der Waals surface area contributed by atoms with Gasteiger partial charge in [-0.3, -0.25) is 9.78 Å². The molecule has 0 bridgehead atoms. The van der Waals surface area contributed by atoms with E-state index in [0.717, 1.165) is 13.0 Å². The Morgan fingerprint density at radius 1 is 1.22 bits per heavy atom. The van der Waals surface area contributed by atoms with Crippen molar-refractivity contribution in [2.45, 2.75) is 19.3 Å². The van der Waals surface area contributed by atoms with Crippen LogP contribution in [0.2, 0.25) is 0 Å². The van der Waals surface area contributed by atoms with Gasteiger partial charge in [-0.15, -0.1) is 5.10 Å². The van der Waals surface area contributed by atoms with Gasteiger partial charge in [0.2, 0.25) is 0 Å². The fourth-order valence-electron chi connectivity index (χ4n) is 3.44. The molecule has 27 heavy (non-hydrogen) atoms. The maximum absolute atomic E-state index is 12.4. The zero-order chi connectivity index (χ0) is 18.6. The number of nitrogens with one attached hydrogen (secondary N) is 1. The average Bonchev–Trinajstić information content (AvgIpc) is 3.31. The predicted octanol–water partition coefficient (Wildman–Crippen LogP) is 1.59. The molecule has 1 saturated heterocycles. The summed E-state index contributed by atoms with van der Waals surface area (Å²) >= 11 is 0. The summed E-state index contributed by atoms with van der Waals surface area (Å²) in [7, 11) is 0. The van der Waals surface area contributed by atoms with Crippen LogP contribution in [0.5, 0.6) is 0 Å². The zero-order valence-electron chi connectivity index (χ0n) is 15.1. The van der Waals surface area contributed by atoms with Gasteiger partial charge in [0.1, 0.15) is 0 Å². The van der Waals surface area contributed by atoms with Crippen LogP contribution in [0, 0.1) is 0 Å². The first-order chi connectivity index (χ1) is 13.2. The van der Waals surface area contributed by atoms with E-state index in [-0.39, 0.29) is 5.91 Å². The van der Waals surface area contributed by atoms with Crippen molar-refractivity contribution < 1.29 is 4.79 Å². The van der Waals surface area contributed by atoms with Crippen molar-refractivity contribution in [2.75, 3.05) is 31.9 Å². The summed E-state index contributed by atoms with van der Waals surface area (Å²) in [5.74, 6) is 0.184. The molecular formula is C19H23N7O. The lowest BCUT2D eigenvalue weighted by molar-refractivity contribution is 0.0951. The molecule has 1 aliphatic rings. The third-order valence-electron chi connectivity index (χ3n) is 4.82. The SMILES string of the molecule is Nc1nn2cc(C(=O)NCCCN3CCCC3)cnc2c1-c1ccccn1. The molecule has 4 rings (SSSR count). The van der Waals surface area contributed by atoms with Crippen LogP contribution in [0.15, 0.2) is 36.8 Å². The van der Waals surface area contributed by atoms with Gasteiger partial charge in [0, 0.05) is 25.1 Å². The molecule has 1 aliphatic heterocycles. The van der Waals surface area contributed by atoms with Crippen LogP contribution in [0.4, 0.5) is 5.82 Å². The highest BCUT2D eigenvalue weighted by molar-refractivity contribution is 5.94. The molecule has 3 N–H and O–H groups in total. The molecule has 1 fully saturated rings. The van der Waals surface area contributed by atoms with Gasteiger partial charge < -0.3 is 16.0 Å². The zero-order valence-corrected chi connectivity index (χ0v) is 15.1. The first-order valence-corrected chi connectivity index (χ1v) is 9.28. The van der Waals surface area contributed by atoms with Crippen molar-refractivity contribution in [3.8, 4) is 11.3 Å². The topological polar surface area (TPSA) is 101 Å². The lowest BCUT2D eigenvalue weighted by Crippen LogP contribution is -2.28. The molecule has 3 aromatic heterocycles.